The van der Waals surface area contributed by atoms with E-state index < -0.39 is 0 Å². The molecule has 31 heavy (non-hydrogen) atoms. The standard InChI is InChI=1S/C26H30N2O2S/c1-18(2)11-15-31-25-27-23-21-10-4-3-8-19(21)16-26(12-5-6-13-26)22(23)24(29)28(25)17-20-9-7-14-30-20/h3-4,7-10,14,18H,5-6,11-13,15-17H2,1-2H3. The summed E-state index contributed by atoms with van der Waals surface area (Å²) in [6, 6.07) is 12.4. The third-order valence-electron chi connectivity index (χ3n) is 6.85. The summed E-state index contributed by atoms with van der Waals surface area (Å²) < 4.78 is 7.48. The minimum atomic E-state index is -0.0696. The summed E-state index contributed by atoms with van der Waals surface area (Å²) in [5, 5.41) is 0.811. The molecule has 2 aromatic heterocycles. The number of rotatable bonds is 6. The van der Waals surface area contributed by atoms with Gasteiger partial charge in [-0.15, -0.1) is 0 Å². The fraction of sp³-hybridized carbons (Fsp3) is 0.462. The first-order chi connectivity index (χ1) is 15.1. The first-order valence-electron chi connectivity index (χ1n) is 11.5. The Bertz CT molecular complexity index is 1120. The van der Waals surface area contributed by atoms with E-state index in [0.29, 0.717) is 12.5 Å². The molecule has 3 aromatic rings. The monoisotopic (exact) mass is 434 g/mol. The maximum Gasteiger partial charge on any atom is 0.258 e. The maximum absolute atomic E-state index is 14.1. The van der Waals surface area contributed by atoms with Gasteiger partial charge in [0.05, 0.1) is 24.1 Å². The second-order valence-electron chi connectivity index (χ2n) is 9.44. The number of aromatic nitrogens is 2. The van der Waals surface area contributed by atoms with Crippen molar-refractivity contribution in [1.29, 1.82) is 0 Å². The molecule has 0 unspecified atom stereocenters. The van der Waals surface area contributed by atoms with Gasteiger partial charge in [-0.05, 0) is 49.3 Å². The average molecular weight is 435 g/mol. The highest BCUT2D eigenvalue weighted by Gasteiger charge is 2.44. The van der Waals surface area contributed by atoms with Crippen LogP contribution in [0.3, 0.4) is 0 Å². The zero-order valence-electron chi connectivity index (χ0n) is 18.4. The van der Waals surface area contributed by atoms with Crippen molar-refractivity contribution < 1.29 is 4.42 Å². The molecule has 5 heteroatoms. The van der Waals surface area contributed by atoms with Crippen molar-refractivity contribution in [3.8, 4) is 11.3 Å². The topological polar surface area (TPSA) is 48.0 Å². The van der Waals surface area contributed by atoms with Crippen molar-refractivity contribution in [2.24, 2.45) is 5.92 Å². The molecule has 2 heterocycles. The molecule has 162 valence electrons. The predicted octanol–water partition coefficient (Wildman–Crippen LogP) is 6.06. The van der Waals surface area contributed by atoms with Crippen LogP contribution in [0.4, 0.5) is 0 Å². The van der Waals surface area contributed by atoms with Crippen LogP contribution in [-0.4, -0.2) is 15.3 Å². The summed E-state index contributed by atoms with van der Waals surface area (Å²) in [6.07, 6.45) is 8.24. The number of hydrogen-bond donors (Lipinski definition) is 0. The van der Waals surface area contributed by atoms with Gasteiger partial charge in [0.15, 0.2) is 5.16 Å². The fourth-order valence-corrected chi connectivity index (χ4v) is 6.47. The quantitative estimate of drug-likeness (QED) is 0.350. The van der Waals surface area contributed by atoms with Crippen molar-refractivity contribution in [3.63, 3.8) is 0 Å². The molecule has 0 atom stereocenters. The normalized spacial score (nSPS) is 16.6. The highest BCUT2D eigenvalue weighted by atomic mass is 32.2. The molecule has 0 saturated heterocycles. The lowest BCUT2D eigenvalue weighted by Crippen LogP contribution is -2.40. The number of hydrogen-bond acceptors (Lipinski definition) is 4. The number of benzene rings is 1. The van der Waals surface area contributed by atoms with E-state index in [-0.39, 0.29) is 11.0 Å². The second kappa shape index (κ2) is 8.34. The van der Waals surface area contributed by atoms with E-state index in [1.807, 2.05) is 16.7 Å². The Labute approximate surface area is 188 Å². The highest BCUT2D eigenvalue weighted by molar-refractivity contribution is 7.99. The largest absolute Gasteiger partial charge is 0.467 e. The van der Waals surface area contributed by atoms with E-state index in [4.69, 9.17) is 9.40 Å². The Balaban J connectivity index is 1.69. The van der Waals surface area contributed by atoms with Gasteiger partial charge in [0.1, 0.15) is 5.76 Å². The van der Waals surface area contributed by atoms with Crippen molar-refractivity contribution in [2.75, 3.05) is 5.75 Å². The van der Waals surface area contributed by atoms with E-state index in [9.17, 15) is 4.79 Å². The molecule has 1 spiro atoms. The van der Waals surface area contributed by atoms with Crippen molar-refractivity contribution in [1.82, 2.24) is 9.55 Å². The first kappa shape index (κ1) is 20.6. The van der Waals surface area contributed by atoms with Gasteiger partial charge in [-0.3, -0.25) is 9.36 Å². The fourth-order valence-electron chi connectivity index (χ4n) is 5.24. The number of nitrogens with zero attached hydrogens (tertiary/aromatic N) is 2. The van der Waals surface area contributed by atoms with Crippen molar-refractivity contribution in [2.45, 2.75) is 69.5 Å². The first-order valence-corrected chi connectivity index (χ1v) is 12.4. The summed E-state index contributed by atoms with van der Waals surface area (Å²) in [4.78, 5) is 19.3. The molecule has 5 rings (SSSR count). The van der Waals surface area contributed by atoms with Crippen LogP contribution in [0, 0.1) is 5.92 Å². The van der Waals surface area contributed by atoms with Gasteiger partial charge in [-0.1, -0.05) is 62.7 Å². The summed E-state index contributed by atoms with van der Waals surface area (Å²) in [5.74, 6) is 2.37. The van der Waals surface area contributed by atoms with E-state index in [1.165, 1.54) is 18.4 Å². The summed E-state index contributed by atoms with van der Waals surface area (Å²) in [5.41, 5.74) is 4.42. The molecule has 0 aliphatic heterocycles. The van der Waals surface area contributed by atoms with Gasteiger partial charge in [-0.2, -0.15) is 0 Å². The SMILES string of the molecule is CC(C)CCSc1nc2c(c(=O)n1Cc1ccco1)C1(CCCC1)Cc1ccccc1-2. The zero-order chi connectivity index (χ0) is 21.4. The molecule has 0 amide bonds. The Morgan fingerprint density at radius 1 is 1.16 bits per heavy atom. The molecule has 2 aliphatic carbocycles. The second-order valence-corrected chi connectivity index (χ2v) is 10.5. The van der Waals surface area contributed by atoms with Crippen molar-refractivity contribution in [3.05, 3.63) is 69.9 Å². The van der Waals surface area contributed by atoms with E-state index in [2.05, 4.69) is 38.1 Å². The molecule has 1 saturated carbocycles. The Morgan fingerprint density at radius 2 is 1.97 bits per heavy atom. The van der Waals surface area contributed by atoms with Gasteiger partial charge in [0.2, 0.25) is 0 Å². The third-order valence-corrected chi connectivity index (χ3v) is 7.86. The van der Waals surface area contributed by atoms with Crippen LogP contribution < -0.4 is 5.56 Å². The zero-order valence-corrected chi connectivity index (χ0v) is 19.2. The predicted molar refractivity (Wildman–Crippen MR) is 126 cm³/mol. The smallest absolute Gasteiger partial charge is 0.258 e. The van der Waals surface area contributed by atoms with Crippen LogP contribution in [0.1, 0.15) is 62.8 Å². The lowest BCUT2D eigenvalue weighted by molar-refractivity contribution is 0.411. The average Bonchev–Trinajstić information content (AvgIpc) is 3.43. The van der Waals surface area contributed by atoms with Crippen LogP contribution >= 0.6 is 11.8 Å². The molecule has 0 N–H and O–H groups in total. The van der Waals surface area contributed by atoms with Gasteiger partial charge in [0, 0.05) is 16.7 Å². The molecule has 1 fully saturated rings. The number of furan rings is 1. The summed E-state index contributed by atoms with van der Waals surface area (Å²) >= 11 is 1.70. The molecule has 1 aromatic carbocycles. The summed E-state index contributed by atoms with van der Waals surface area (Å²) in [7, 11) is 0. The molecular formula is C26H30N2O2S. The molecule has 0 bridgehead atoms. The van der Waals surface area contributed by atoms with Gasteiger partial charge in [-0.25, -0.2) is 4.98 Å². The van der Waals surface area contributed by atoms with Gasteiger partial charge in [0.25, 0.3) is 5.56 Å². The summed E-state index contributed by atoms with van der Waals surface area (Å²) in [6.45, 7) is 4.90. The van der Waals surface area contributed by atoms with E-state index >= 15 is 0 Å². The van der Waals surface area contributed by atoms with Crippen LogP contribution in [0.25, 0.3) is 11.3 Å². The maximum atomic E-state index is 14.1. The van der Waals surface area contributed by atoms with Crippen LogP contribution in [-0.2, 0) is 18.4 Å². The van der Waals surface area contributed by atoms with Crippen LogP contribution in [0.2, 0.25) is 0 Å². The number of fused-ring (bicyclic) bond motifs is 4. The van der Waals surface area contributed by atoms with E-state index in [1.54, 1.807) is 18.0 Å². The van der Waals surface area contributed by atoms with Gasteiger partial charge >= 0.3 is 0 Å². The lowest BCUT2D eigenvalue weighted by Gasteiger charge is -2.36. The Kier molecular flexibility index (Phi) is 5.55. The minimum absolute atomic E-state index is 0.0696. The van der Waals surface area contributed by atoms with E-state index in [0.717, 1.165) is 59.2 Å². The molecule has 0 radical (unpaired) electrons. The van der Waals surface area contributed by atoms with Crippen LogP contribution in [0.5, 0.6) is 0 Å². The molecular weight excluding hydrogens is 404 g/mol. The third kappa shape index (κ3) is 3.78. The highest BCUT2D eigenvalue weighted by Crippen LogP contribution is 2.50. The molecule has 4 nitrogen and oxygen atoms in total. The lowest BCUT2D eigenvalue weighted by atomic mass is 9.68. The van der Waals surface area contributed by atoms with Crippen LogP contribution in [0.15, 0.2) is 57.0 Å². The Morgan fingerprint density at radius 3 is 2.71 bits per heavy atom. The minimum Gasteiger partial charge on any atom is -0.467 e. The van der Waals surface area contributed by atoms with Gasteiger partial charge < -0.3 is 4.42 Å². The number of thioether (sulfide) groups is 1. The van der Waals surface area contributed by atoms with Crippen molar-refractivity contribution >= 4 is 11.8 Å². The molecule has 2 aliphatic rings. The Hall–Kier alpha value is -2.27.